The van der Waals surface area contributed by atoms with Crippen molar-refractivity contribution >= 4 is 35.2 Å². The van der Waals surface area contributed by atoms with Gasteiger partial charge < -0.3 is 14.9 Å². The Bertz CT molecular complexity index is 970. The van der Waals surface area contributed by atoms with Crippen LogP contribution in [0.1, 0.15) is 50.9 Å². The number of carbonyl (C=O) groups excluding carboxylic acids is 2. The van der Waals surface area contributed by atoms with E-state index in [1.54, 1.807) is 22.7 Å². The summed E-state index contributed by atoms with van der Waals surface area (Å²) in [6.07, 6.45) is 1.51. The van der Waals surface area contributed by atoms with Crippen molar-refractivity contribution < 1.29 is 14.7 Å². The average Bonchev–Trinajstić information content (AvgIpc) is 3.30. The molecule has 158 valence electrons. The number of nitrogens with zero attached hydrogens (tertiary/aromatic N) is 3. The van der Waals surface area contributed by atoms with E-state index in [2.05, 4.69) is 0 Å². The third-order valence-electron chi connectivity index (χ3n) is 5.70. The second kappa shape index (κ2) is 8.86. The van der Waals surface area contributed by atoms with Crippen LogP contribution < -0.4 is 0 Å². The zero-order valence-corrected chi connectivity index (χ0v) is 18.4. The highest BCUT2D eigenvalue weighted by molar-refractivity contribution is 7.99. The minimum atomic E-state index is -0.0991. The summed E-state index contributed by atoms with van der Waals surface area (Å²) < 4.78 is 0. The van der Waals surface area contributed by atoms with Gasteiger partial charge in [0.2, 0.25) is 0 Å². The van der Waals surface area contributed by atoms with E-state index in [-0.39, 0.29) is 28.5 Å². The van der Waals surface area contributed by atoms with Gasteiger partial charge in [-0.2, -0.15) is 0 Å². The first-order chi connectivity index (χ1) is 14.4. The number of aromatic hydroxyl groups is 1. The molecule has 0 aliphatic carbocycles. The normalized spacial score (nSPS) is 17.4. The predicted octanol–water partition coefficient (Wildman–Crippen LogP) is 3.92. The Morgan fingerprint density at radius 3 is 2.53 bits per heavy atom. The minimum Gasteiger partial charge on any atom is -0.506 e. The number of thioether (sulfide) groups is 1. The molecule has 0 atom stereocenters. The maximum atomic E-state index is 13.0. The van der Waals surface area contributed by atoms with Gasteiger partial charge in [0.1, 0.15) is 5.75 Å². The second-order valence-corrected chi connectivity index (χ2v) is 9.21. The van der Waals surface area contributed by atoms with Crippen molar-refractivity contribution in [2.75, 3.05) is 31.3 Å². The van der Waals surface area contributed by atoms with E-state index in [4.69, 9.17) is 16.6 Å². The number of likely N-dealkylation sites (tertiary alicyclic amines) is 1. The summed E-state index contributed by atoms with van der Waals surface area (Å²) in [4.78, 5) is 34.2. The Morgan fingerprint density at radius 1 is 1.10 bits per heavy atom. The summed E-state index contributed by atoms with van der Waals surface area (Å²) in [6.45, 7) is 3.89. The smallest absolute Gasteiger partial charge is 0.256 e. The first-order valence-corrected chi connectivity index (χ1v) is 11.6. The lowest BCUT2D eigenvalue weighted by Crippen LogP contribution is -2.38. The Kier molecular flexibility index (Phi) is 6.20. The van der Waals surface area contributed by atoms with Gasteiger partial charge >= 0.3 is 0 Å². The van der Waals surface area contributed by atoms with E-state index in [9.17, 15) is 14.7 Å². The van der Waals surface area contributed by atoms with Crippen LogP contribution in [0.15, 0.2) is 30.3 Å². The number of halogens is 1. The molecular formula is C22H24ClN3O3S. The molecule has 2 amide bonds. The monoisotopic (exact) mass is 445 g/mol. The molecule has 3 heterocycles. The van der Waals surface area contributed by atoms with Crippen LogP contribution in [0.3, 0.4) is 0 Å². The number of aromatic nitrogens is 1. The Hall–Kier alpha value is -2.25. The molecule has 1 N–H and O–H groups in total. The van der Waals surface area contributed by atoms with Crippen LogP contribution in [0, 0.1) is 6.92 Å². The zero-order valence-electron chi connectivity index (χ0n) is 16.8. The van der Waals surface area contributed by atoms with Gasteiger partial charge in [-0.05, 0) is 50.1 Å². The minimum absolute atomic E-state index is 0.0361. The molecule has 0 bridgehead atoms. The first kappa shape index (κ1) is 21.0. The number of hydrogen-bond donors (Lipinski definition) is 1. The molecule has 6 nitrogen and oxygen atoms in total. The summed E-state index contributed by atoms with van der Waals surface area (Å²) >= 11 is 7.72. The van der Waals surface area contributed by atoms with Gasteiger partial charge in [0.25, 0.3) is 11.8 Å². The van der Waals surface area contributed by atoms with Crippen LogP contribution in [-0.4, -0.2) is 63.0 Å². The average molecular weight is 446 g/mol. The SMILES string of the molecule is Cc1ccc(C(=O)N2CCSC2)c(C2CCN(C(=O)c3ccc(O)c(Cl)c3)CC2)n1. The van der Waals surface area contributed by atoms with Crippen molar-refractivity contribution in [3.05, 3.63) is 57.9 Å². The highest BCUT2D eigenvalue weighted by atomic mass is 35.5. The van der Waals surface area contributed by atoms with E-state index in [0.717, 1.165) is 42.4 Å². The maximum absolute atomic E-state index is 13.0. The highest BCUT2D eigenvalue weighted by Gasteiger charge is 2.30. The van der Waals surface area contributed by atoms with Crippen LogP contribution in [0.5, 0.6) is 5.75 Å². The van der Waals surface area contributed by atoms with Gasteiger partial charge in [-0.15, -0.1) is 11.8 Å². The lowest BCUT2D eigenvalue weighted by Gasteiger charge is -2.33. The Morgan fingerprint density at radius 2 is 1.87 bits per heavy atom. The van der Waals surface area contributed by atoms with Gasteiger partial charge in [-0.25, -0.2) is 0 Å². The fraction of sp³-hybridized carbons (Fsp3) is 0.409. The van der Waals surface area contributed by atoms with E-state index in [1.807, 2.05) is 24.0 Å². The van der Waals surface area contributed by atoms with Gasteiger partial charge in [-0.1, -0.05) is 11.6 Å². The molecule has 0 saturated carbocycles. The number of phenols is 1. The number of amides is 2. The topological polar surface area (TPSA) is 73.7 Å². The molecule has 8 heteroatoms. The molecule has 0 spiro atoms. The zero-order chi connectivity index (χ0) is 21.3. The molecule has 30 heavy (non-hydrogen) atoms. The number of pyridine rings is 1. The maximum Gasteiger partial charge on any atom is 0.256 e. The second-order valence-electron chi connectivity index (χ2n) is 7.72. The number of hydrogen-bond acceptors (Lipinski definition) is 5. The summed E-state index contributed by atoms with van der Waals surface area (Å²) in [5.41, 5.74) is 2.91. The molecule has 0 radical (unpaired) electrons. The number of carbonyl (C=O) groups is 2. The standard InChI is InChI=1S/C22H24ClN3O3S/c1-14-2-4-17(22(29)26-10-11-30-13-26)20(24-14)15-6-8-25(9-7-15)21(28)16-3-5-19(27)18(23)12-16/h2-5,12,15,27H,6-11,13H2,1H3. The molecule has 2 saturated heterocycles. The third-order valence-corrected chi connectivity index (χ3v) is 6.97. The van der Waals surface area contributed by atoms with Gasteiger partial charge in [-0.3, -0.25) is 14.6 Å². The molecule has 2 fully saturated rings. The van der Waals surface area contributed by atoms with Crippen molar-refractivity contribution in [1.29, 1.82) is 0 Å². The van der Waals surface area contributed by atoms with Gasteiger partial charge in [0.15, 0.2) is 0 Å². The molecule has 4 rings (SSSR count). The lowest BCUT2D eigenvalue weighted by molar-refractivity contribution is 0.0707. The number of benzene rings is 1. The van der Waals surface area contributed by atoms with E-state index in [0.29, 0.717) is 24.2 Å². The van der Waals surface area contributed by atoms with Crippen molar-refractivity contribution in [2.45, 2.75) is 25.7 Å². The van der Waals surface area contributed by atoms with Gasteiger partial charge in [0.05, 0.1) is 22.2 Å². The van der Waals surface area contributed by atoms with Crippen LogP contribution in [-0.2, 0) is 0 Å². The third kappa shape index (κ3) is 4.27. The fourth-order valence-corrected chi connectivity index (χ4v) is 5.12. The van der Waals surface area contributed by atoms with Crippen molar-refractivity contribution in [3.8, 4) is 5.75 Å². The fourth-order valence-electron chi connectivity index (χ4n) is 3.99. The van der Waals surface area contributed by atoms with Crippen LogP contribution in [0.4, 0.5) is 0 Å². The highest BCUT2D eigenvalue weighted by Crippen LogP contribution is 2.32. The van der Waals surface area contributed by atoms with E-state index in [1.165, 1.54) is 12.1 Å². The molecule has 0 unspecified atom stereocenters. The number of piperidine rings is 1. The van der Waals surface area contributed by atoms with Crippen molar-refractivity contribution in [3.63, 3.8) is 0 Å². The number of rotatable bonds is 3. The predicted molar refractivity (Wildman–Crippen MR) is 118 cm³/mol. The van der Waals surface area contributed by atoms with Crippen LogP contribution >= 0.6 is 23.4 Å². The summed E-state index contributed by atoms with van der Waals surface area (Å²) in [7, 11) is 0. The van der Waals surface area contributed by atoms with Crippen LogP contribution in [0.2, 0.25) is 5.02 Å². The number of phenolic OH excluding ortho intramolecular Hbond substituents is 1. The van der Waals surface area contributed by atoms with E-state index < -0.39 is 0 Å². The lowest BCUT2D eigenvalue weighted by atomic mass is 9.89. The quantitative estimate of drug-likeness (QED) is 0.775. The molecule has 1 aromatic carbocycles. The molecule has 1 aromatic heterocycles. The Labute approximate surface area is 185 Å². The Balaban J connectivity index is 1.48. The van der Waals surface area contributed by atoms with Crippen molar-refractivity contribution in [1.82, 2.24) is 14.8 Å². The summed E-state index contributed by atoms with van der Waals surface area (Å²) in [6, 6.07) is 8.32. The van der Waals surface area contributed by atoms with Crippen LogP contribution in [0.25, 0.3) is 0 Å². The number of aryl methyl sites for hydroxylation is 1. The molecule has 2 aliphatic rings. The van der Waals surface area contributed by atoms with Gasteiger partial charge in [0, 0.05) is 42.6 Å². The summed E-state index contributed by atoms with van der Waals surface area (Å²) in [5.74, 6) is 1.77. The molecule has 2 aliphatic heterocycles. The van der Waals surface area contributed by atoms with E-state index >= 15 is 0 Å². The largest absolute Gasteiger partial charge is 0.506 e. The first-order valence-electron chi connectivity index (χ1n) is 10.1. The molecule has 2 aromatic rings. The van der Waals surface area contributed by atoms with Crippen molar-refractivity contribution in [2.24, 2.45) is 0 Å². The summed E-state index contributed by atoms with van der Waals surface area (Å²) in [5, 5.41) is 9.74. The molecular weight excluding hydrogens is 422 g/mol.